The second kappa shape index (κ2) is 12.4. The van der Waals surface area contributed by atoms with E-state index in [9.17, 15) is 4.79 Å². The number of rotatable bonds is 8. The quantitative estimate of drug-likeness (QED) is 0.461. The molecular weight excluding hydrogens is 559 g/mol. The number of alkyl halides is 1. The summed E-state index contributed by atoms with van der Waals surface area (Å²) in [6.45, 7) is 9.29. The van der Waals surface area contributed by atoms with Gasteiger partial charge in [0.1, 0.15) is 11.5 Å². The first-order chi connectivity index (χ1) is 20.0. The van der Waals surface area contributed by atoms with Crippen molar-refractivity contribution < 1.29 is 4.79 Å². The molecule has 5 heterocycles. The van der Waals surface area contributed by atoms with Crippen molar-refractivity contribution >= 4 is 53.0 Å². The highest BCUT2D eigenvalue weighted by Crippen LogP contribution is 2.35. The fraction of sp³-hybridized carbons (Fsp3) is 0.533. The first-order valence-corrected chi connectivity index (χ1v) is 15.6. The average Bonchev–Trinajstić information content (AvgIpc) is 3.37. The number of amides is 1. The zero-order valence-corrected chi connectivity index (χ0v) is 25.2. The van der Waals surface area contributed by atoms with E-state index >= 15 is 0 Å². The molecule has 6 rings (SSSR count). The molecule has 0 radical (unpaired) electrons. The number of aliphatic imine (C=N–C) groups is 2. The fourth-order valence-corrected chi connectivity index (χ4v) is 6.94. The number of imidazole rings is 1. The molecule has 4 aliphatic heterocycles. The van der Waals surface area contributed by atoms with Crippen molar-refractivity contribution in [2.45, 2.75) is 44.5 Å². The van der Waals surface area contributed by atoms with Gasteiger partial charge >= 0.3 is 0 Å². The van der Waals surface area contributed by atoms with Gasteiger partial charge in [-0.3, -0.25) is 14.8 Å². The summed E-state index contributed by atoms with van der Waals surface area (Å²) in [7, 11) is 0. The van der Waals surface area contributed by atoms with Gasteiger partial charge in [-0.25, -0.2) is 4.98 Å². The normalized spacial score (nSPS) is 20.4. The molecule has 1 aromatic heterocycles. The van der Waals surface area contributed by atoms with Crippen molar-refractivity contribution in [1.29, 1.82) is 0 Å². The van der Waals surface area contributed by atoms with Crippen LogP contribution in [0.5, 0.6) is 0 Å². The van der Waals surface area contributed by atoms with E-state index in [0.717, 1.165) is 54.7 Å². The largest absolute Gasteiger partial charge is 0.371 e. The maximum absolute atomic E-state index is 13.3. The van der Waals surface area contributed by atoms with E-state index in [0.29, 0.717) is 44.3 Å². The van der Waals surface area contributed by atoms with Crippen LogP contribution < -0.4 is 10.2 Å². The van der Waals surface area contributed by atoms with E-state index in [-0.39, 0.29) is 17.8 Å². The number of unbranched alkanes of at least 4 members (excludes halogenated alkanes) is 1. The predicted molar refractivity (Wildman–Crippen MR) is 168 cm³/mol. The second-order valence-corrected chi connectivity index (χ2v) is 12.0. The summed E-state index contributed by atoms with van der Waals surface area (Å²) in [6.07, 6.45) is 8.17. The van der Waals surface area contributed by atoms with Gasteiger partial charge in [-0.05, 0) is 37.0 Å². The SMILES string of the molecule is CCCCN1CCCc2cc(-c3nc4n(c3NCC(=O)N3CCN(C5=C(Cl)C=NCC5Cl)CC3)CCN=C4)ccc21. The Labute approximate surface area is 251 Å². The summed E-state index contributed by atoms with van der Waals surface area (Å²) >= 11 is 12.9. The van der Waals surface area contributed by atoms with Crippen LogP contribution in [0.3, 0.4) is 0 Å². The van der Waals surface area contributed by atoms with Crippen molar-refractivity contribution in [1.82, 2.24) is 19.4 Å². The van der Waals surface area contributed by atoms with Gasteiger partial charge in [0, 0.05) is 63.3 Å². The Morgan fingerprint density at radius 3 is 2.76 bits per heavy atom. The highest BCUT2D eigenvalue weighted by molar-refractivity contribution is 6.40. The lowest BCUT2D eigenvalue weighted by atomic mass is 9.97. The standard InChI is InChI=1S/C30H38Cl2N8O/c1-2-3-9-37-10-4-5-21-16-22(6-7-25(21)37)28-30(40-11-8-33-19-26(40)36-28)35-20-27(41)38-12-14-39(15-13-38)29-23(31)17-34-18-24(29)32/h6-7,16-17,19,24,35H,2-5,8-15,18,20H2,1H3. The summed E-state index contributed by atoms with van der Waals surface area (Å²) < 4.78 is 2.15. The Morgan fingerprint density at radius 1 is 1.10 bits per heavy atom. The Balaban J connectivity index is 1.16. The number of aryl methyl sites for hydroxylation is 1. The molecule has 0 saturated carbocycles. The molecule has 0 spiro atoms. The van der Waals surface area contributed by atoms with Gasteiger partial charge in [0.25, 0.3) is 0 Å². The van der Waals surface area contributed by atoms with Crippen LogP contribution in [0.2, 0.25) is 0 Å². The lowest BCUT2D eigenvalue weighted by molar-refractivity contribution is -0.130. The molecule has 2 aromatic rings. The van der Waals surface area contributed by atoms with E-state index in [1.54, 1.807) is 6.21 Å². The number of allylic oxidation sites excluding steroid dienone is 1. The van der Waals surface area contributed by atoms with E-state index in [2.05, 4.69) is 54.8 Å². The molecule has 0 aliphatic carbocycles. The highest BCUT2D eigenvalue weighted by Gasteiger charge is 2.29. The third kappa shape index (κ3) is 5.84. The van der Waals surface area contributed by atoms with E-state index in [1.165, 1.54) is 30.5 Å². The van der Waals surface area contributed by atoms with Gasteiger partial charge in [0.2, 0.25) is 5.91 Å². The Morgan fingerprint density at radius 2 is 1.95 bits per heavy atom. The summed E-state index contributed by atoms with van der Waals surface area (Å²) in [5.41, 5.74) is 5.61. The summed E-state index contributed by atoms with van der Waals surface area (Å²) in [5.74, 6) is 1.79. The van der Waals surface area contributed by atoms with Crippen molar-refractivity contribution in [3.05, 3.63) is 40.3 Å². The molecule has 4 aliphatic rings. The predicted octanol–water partition coefficient (Wildman–Crippen LogP) is 4.23. The third-order valence-corrected chi connectivity index (χ3v) is 9.03. The molecule has 0 bridgehead atoms. The second-order valence-electron chi connectivity index (χ2n) is 11.1. The Hall–Kier alpha value is -3.04. The van der Waals surface area contributed by atoms with Crippen LogP contribution in [0.4, 0.5) is 11.5 Å². The minimum Gasteiger partial charge on any atom is -0.371 e. The number of benzene rings is 1. The van der Waals surface area contributed by atoms with Gasteiger partial charge in [0.05, 0.1) is 42.0 Å². The van der Waals surface area contributed by atoms with E-state index < -0.39 is 0 Å². The topological polar surface area (TPSA) is 81.4 Å². The van der Waals surface area contributed by atoms with Crippen LogP contribution in [-0.4, -0.2) is 102 Å². The molecule has 41 heavy (non-hydrogen) atoms. The number of anilines is 2. The maximum Gasteiger partial charge on any atom is 0.242 e. The van der Waals surface area contributed by atoms with Crippen LogP contribution in [0.15, 0.2) is 38.9 Å². The first-order valence-electron chi connectivity index (χ1n) is 14.8. The maximum atomic E-state index is 13.3. The zero-order valence-electron chi connectivity index (χ0n) is 23.7. The lowest BCUT2D eigenvalue weighted by Gasteiger charge is -2.39. The molecule has 11 heteroatoms. The monoisotopic (exact) mass is 596 g/mol. The molecular formula is C30H38Cl2N8O. The van der Waals surface area contributed by atoms with Crippen molar-refractivity contribution in [2.75, 3.05) is 69.1 Å². The Kier molecular flexibility index (Phi) is 8.53. The number of piperazine rings is 1. The minimum atomic E-state index is -0.227. The van der Waals surface area contributed by atoms with Crippen LogP contribution >= 0.6 is 23.2 Å². The minimum absolute atomic E-state index is 0.0698. The summed E-state index contributed by atoms with van der Waals surface area (Å²) in [4.78, 5) is 33.6. The molecule has 1 saturated heterocycles. The summed E-state index contributed by atoms with van der Waals surface area (Å²) in [6, 6.07) is 6.73. The number of dihydropyridines is 1. The lowest BCUT2D eigenvalue weighted by Crippen LogP contribution is -2.51. The number of nitrogens with one attached hydrogen (secondary N) is 1. The average molecular weight is 598 g/mol. The first kappa shape index (κ1) is 28.1. The van der Waals surface area contributed by atoms with Crippen molar-refractivity contribution in [2.24, 2.45) is 9.98 Å². The molecule has 218 valence electrons. The van der Waals surface area contributed by atoms with Crippen molar-refractivity contribution in [3.63, 3.8) is 0 Å². The third-order valence-electron chi connectivity index (χ3n) is 8.40. The molecule has 1 N–H and O–H groups in total. The number of carbonyl (C=O) groups is 1. The number of hydrogen-bond donors (Lipinski definition) is 1. The number of aromatic nitrogens is 2. The highest BCUT2D eigenvalue weighted by atomic mass is 35.5. The van der Waals surface area contributed by atoms with Gasteiger partial charge in [-0.2, -0.15) is 0 Å². The van der Waals surface area contributed by atoms with Crippen LogP contribution in [0.25, 0.3) is 11.3 Å². The zero-order chi connectivity index (χ0) is 28.3. The molecule has 1 amide bonds. The molecule has 1 aromatic carbocycles. The van der Waals surface area contributed by atoms with Gasteiger partial charge in [-0.1, -0.05) is 31.0 Å². The molecule has 9 nitrogen and oxygen atoms in total. The van der Waals surface area contributed by atoms with Gasteiger partial charge < -0.3 is 24.6 Å². The van der Waals surface area contributed by atoms with Gasteiger partial charge in [-0.15, -0.1) is 11.6 Å². The molecule has 1 unspecified atom stereocenters. The smallest absolute Gasteiger partial charge is 0.242 e. The van der Waals surface area contributed by atoms with Crippen LogP contribution in [-0.2, 0) is 17.8 Å². The molecule has 1 atom stereocenters. The van der Waals surface area contributed by atoms with E-state index in [4.69, 9.17) is 28.2 Å². The number of carbonyl (C=O) groups excluding carboxylic acids is 1. The van der Waals surface area contributed by atoms with E-state index in [1.807, 2.05) is 11.1 Å². The number of nitrogens with zero attached hydrogens (tertiary/aromatic N) is 7. The number of halogens is 2. The fourth-order valence-electron chi connectivity index (χ4n) is 6.23. The van der Waals surface area contributed by atoms with Crippen LogP contribution in [0, 0.1) is 0 Å². The Bertz CT molecular complexity index is 1370. The van der Waals surface area contributed by atoms with Gasteiger partial charge in [0.15, 0.2) is 5.82 Å². The van der Waals surface area contributed by atoms with Crippen LogP contribution in [0.1, 0.15) is 37.6 Å². The number of hydrogen-bond acceptors (Lipinski definition) is 7. The molecule has 1 fully saturated rings. The number of fused-ring (bicyclic) bond motifs is 2. The summed E-state index contributed by atoms with van der Waals surface area (Å²) in [5, 5.41) is 3.84. The van der Waals surface area contributed by atoms with Crippen molar-refractivity contribution in [3.8, 4) is 11.3 Å².